The van der Waals surface area contributed by atoms with Crippen LogP contribution in [0.15, 0.2) is 54.9 Å². The predicted octanol–water partition coefficient (Wildman–Crippen LogP) is 3.79. The quantitative estimate of drug-likeness (QED) is 0.677. The number of rotatable bonds is 5. The Morgan fingerprint density at radius 2 is 1.93 bits per heavy atom. The number of carbonyl (C=O) groups excluding carboxylic acids is 1. The lowest BCUT2D eigenvalue weighted by molar-refractivity contribution is -0.120. The summed E-state index contributed by atoms with van der Waals surface area (Å²) in [6.45, 7) is 0.640. The number of ether oxygens (including phenoxy) is 3. The number of nitrogens with zero attached hydrogens (tertiary/aromatic N) is 1. The molecule has 2 aliphatic rings. The molecule has 3 aromatic rings. The number of halogens is 1. The van der Waals surface area contributed by atoms with Crippen LogP contribution in [0.2, 0.25) is 5.02 Å². The van der Waals surface area contributed by atoms with E-state index in [0.717, 1.165) is 28.0 Å². The normalized spacial score (nSPS) is 16.1. The van der Waals surface area contributed by atoms with Crippen molar-refractivity contribution in [3.63, 3.8) is 0 Å². The zero-order chi connectivity index (χ0) is 20.5. The topological polar surface area (TPSA) is 69.7 Å². The lowest BCUT2D eigenvalue weighted by atomic mass is 10.0. The number of carbonyl (C=O) groups is 1. The van der Waals surface area contributed by atoms with E-state index in [9.17, 15) is 4.79 Å². The van der Waals surface area contributed by atoms with E-state index >= 15 is 0 Å². The molecule has 3 heterocycles. The van der Waals surface area contributed by atoms with E-state index in [1.807, 2.05) is 42.5 Å². The maximum absolute atomic E-state index is 12.4. The van der Waals surface area contributed by atoms with Gasteiger partial charge in [0.2, 0.25) is 12.7 Å². The summed E-state index contributed by atoms with van der Waals surface area (Å²) in [5, 5.41) is 3.63. The molecular formula is C23H19ClN2O4. The van der Waals surface area contributed by atoms with Crippen molar-refractivity contribution >= 4 is 17.5 Å². The second-order valence-corrected chi connectivity index (χ2v) is 7.73. The predicted molar refractivity (Wildman–Crippen MR) is 112 cm³/mol. The van der Waals surface area contributed by atoms with Gasteiger partial charge in [0.25, 0.3) is 0 Å². The minimum absolute atomic E-state index is 0.0687. The van der Waals surface area contributed by atoms with E-state index in [2.05, 4.69) is 10.3 Å². The van der Waals surface area contributed by atoms with E-state index in [4.69, 9.17) is 25.8 Å². The van der Waals surface area contributed by atoms with Crippen molar-refractivity contribution in [2.75, 3.05) is 13.3 Å². The Kier molecular flexibility index (Phi) is 4.93. The first-order valence-corrected chi connectivity index (χ1v) is 10.1. The second-order valence-electron chi connectivity index (χ2n) is 7.29. The highest BCUT2D eigenvalue weighted by Crippen LogP contribution is 2.40. The molecule has 1 N–H and O–H groups in total. The monoisotopic (exact) mass is 422 g/mol. The van der Waals surface area contributed by atoms with Crippen LogP contribution in [0.4, 0.5) is 0 Å². The Balaban J connectivity index is 1.23. The summed E-state index contributed by atoms with van der Waals surface area (Å²) < 4.78 is 16.8. The smallest absolute Gasteiger partial charge is 0.231 e. The van der Waals surface area contributed by atoms with Gasteiger partial charge in [-0.3, -0.25) is 9.78 Å². The molecule has 2 aromatic carbocycles. The van der Waals surface area contributed by atoms with Crippen molar-refractivity contribution in [1.29, 1.82) is 0 Å². The number of hydrogen-bond acceptors (Lipinski definition) is 5. The molecule has 1 atom stereocenters. The molecule has 0 saturated carbocycles. The van der Waals surface area contributed by atoms with Crippen LogP contribution >= 0.6 is 11.6 Å². The van der Waals surface area contributed by atoms with Crippen molar-refractivity contribution in [3.8, 4) is 28.4 Å². The number of fused-ring (bicyclic) bond motifs is 2. The third-order valence-corrected chi connectivity index (χ3v) is 5.40. The Bertz CT molecular complexity index is 1100. The van der Waals surface area contributed by atoms with Crippen LogP contribution in [-0.4, -0.2) is 30.3 Å². The summed E-state index contributed by atoms with van der Waals surface area (Å²) in [4.78, 5) is 16.5. The van der Waals surface area contributed by atoms with E-state index in [1.54, 1.807) is 12.4 Å². The zero-order valence-electron chi connectivity index (χ0n) is 16.1. The van der Waals surface area contributed by atoms with Gasteiger partial charge in [-0.25, -0.2) is 0 Å². The fourth-order valence-corrected chi connectivity index (χ4v) is 4.02. The van der Waals surface area contributed by atoms with E-state index in [0.29, 0.717) is 29.5 Å². The van der Waals surface area contributed by atoms with Gasteiger partial charge in [0.05, 0.1) is 13.0 Å². The van der Waals surface area contributed by atoms with Gasteiger partial charge in [-0.15, -0.1) is 0 Å². The molecule has 0 bridgehead atoms. The standard InChI is InChI=1S/C23H19ClN2O4/c24-17-9-16-10-18(30-23(16)19(11-17)15-3-5-25-6-4-15)12-26-22(27)8-14-1-2-20-21(7-14)29-13-28-20/h1-7,9,11,18H,8,10,12-13H2,(H,26,27)/t18-/m1/s1. The maximum atomic E-state index is 12.4. The van der Waals surface area contributed by atoms with Crippen LogP contribution in [0.5, 0.6) is 17.2 Å². The Morgan fingerprint density at radius 3 is 2.80 bits per heavy atom. The first kappa shape index (κ1) is 18.8. The molecule has 7 heteroatoms. The Hall–Kier alpha value is -3.25. The average Bonchev–Trinajstić information content (AvgIpc) is 3.38. The molecule has 0 radical (unpaired) electrons. The van der Waals surface area contributed by atoms with Gasteiger partial charge < -0.3 is 19.5 Å². The number of hydrogen-bond donors (Lipinski definition) is 1. The van der Waals surface area contributed by atoms with Crippen molar-refractivity contribution in [3.05, 3.63) is 71.0 Å². The van der Waals surface area contributed by atoms with E-state index in [-0.39, 0.29) is 25.2 Å². The summed E-state index contributed by atoms with van der Waals surface area (Å²) in [7, 11) is 0. The zero-order valence-corrected chi connectivity index (χ0v) is 16.8. The van der Waals surface area contributed by atoms with Crippen LogP contribution in [-0.2, 0) is 17.6 Å². The van der Waals surface area contributed by atoms with Crippen LogP contribution in [0, 0.1) is 0 Å². The molecule has 0 unspecified atom stereocenters. The minimum atomic E-state index is -0.139. The molecule has 5 rings (SSSR count). The van der Waals surface area contributed by atoms with Crippen molar-refractivity contribution in [2.24, 2.45) is 0 Å². The fraction of sp³-hybridized carbons (Fsp3) is 0.217. The molecule has 0 fully saturated rings. The van der Waals surface area contributed by atoms with Gasteiger partial charge in [0.15, 0.2) is 11.5 Å². The molecule has 6 nitrogen and oxygen atoms in total. The SMILES string of the molecule is O=C(Cc1ccc2c(c1)OCO2)NC[C@H]1Cc2cc(Cl)cc(-c3ccncc3)c2O1. The lowest BCUT2D eigenvalue weighted by Crippen LogP contribution is -2.35. The van der Waals surface area contributed by atoms with Crippen molar-refractivity contribution < 1.29 is 19.0 Å². The third kappa shape index (κ3) is 3.78. The van der Waals surface area contributed by atoms with Gasteiger partial charge in [0, 0.05) is 35.0 Å². The first-order chi connectivity index (χ1) is 14.7. The molecule has 1 amide bonds. The van der Waals surface area contributed by atoms with Gasteiger partial charge in [-0.05, 0) is 47.5 Å². The summed E-state index contributed by atoms with van der Waals surface area (Å²) >= 11 is 6.32. The summed E-state index contributed by atoms with van der Waals surface area (Å²) in [6, 6.07) is 13.2. The van der Waals surface area contributed by atoms with Gasteiger partial charge in [-0.2, -0.15) is 0 Å². The van der Waals surface area contributed by atoms with Crippen LogP contribution in [0.3, 0.4) is 0 Å². The number of amides is 1. The van der Waals surface area contributed by atoms with Crippen LogP contribution in [0.1, 0.15) is 11.1 Å². The molecule has 152 valence electrons. The summed E-state index contributed by atoms with van der Waals surface area (Å²) in [5.41, 5.74) is 3.86. The molecule has 0 saturated heterocycles. The molecule has 1 aromatic heterocycles. The summed E-state index contributed by atoms with van der Waals surface area (Å²) in [6.07, 6.45) is 4.30. The Labute approximate surface area is 178 Å². The van der Waals surface area contributed by atoms with Crippen LogP contribution in [0.25, 0.3) is 11.1 Å². The number of aromatic nitrogens is 1. The van der Waals surface area contributed by atoms with E-state index in [1.165, 1.54) is 0 Å². The van der Waals surface area contributed by atoms with E-state index < -0.39 is 0 Å². The number of benzene rings is 2. The average molecular weight is 423 g/mol. The highest BCUT2D eigenvalue weighted by atomic mass is 35.5. The first-order valence-electron chi connectivity index (χ1n) is 9.70. The number of pyridine rings is 1. The molecule has 0 spiro atoms. The van der Waals surface area contributed by atoms with Crippen LogP contribution < -0.4 is 19.5 Å². The molecule has 2 aliphatic heterocycles. The second kappa shape index (κ2) is 7.88. The highest BCUT2D eigenvalue weighted by molar-refractivity contribution is 6.31. The van der Waals surface area contributed by atoms with Gasteiger partial charge >= 0.3 is 0 Å². The lowest BCUT2D eigenvalue weighted by Gasteiger charge is -2.14. The largest absolute Gasteiger partial charge is 0.487 e. The molecular weight excluding hydrogens is 404 g/mol. The van der Waals surface area contributed by atoms with Crippen molar-refractivity contribution in [1.82, 2.24) is 10.3 Å². The Morgan fingerprint density at radius 1 is 1.10 bits per heavy atom. The minimum Gasteiger partial charge on any atom is -0.487 e. The van der Waals surface area contributed by atoms with Gasteiger partial charge in [0.1, 0.15) is 11.9 Å². The third-order valence-electron chi connectivity index (χ3n) is 5.18. The summed E-state index contributed by atoms with van der Waals surface area (Å²) in [5.74, 6) is 2.14. The number of nitrogens with one attached hydrogen (secondary N) is 1. The maximum Gasteiger partial charge on any atom is 0.231 e. The van der Waals surface area contributed by atoms with Crippen molar-refractivity contribution in [2.45, 2.75) is 18.9 Å². The highest BCUT2D eigenvalue weighted by Gasteiger charge is 2.27. The molecule has 30 heavy (non-hydrogen) atoms. The fourth-order valence-electron chi connectivity index (χ4n) is 3.78. The molecule has 0 aliphatic carbocycles. The van der Waals surface area contributed by atoms with Gasteiger partial charge in [-0.1, -0.05) is 17.7 Å².